The van der Waals surface area contributed by atoms with Crippen molar-refractivity contribution < 1.29 is 18.4 Å². The predicted molar refractivity (Wildman–Crippen MR) is 46.1 cm³/mol. The van der Waals surface area contributed by atoms with E-state index < -0.39 is 18.7 Å². The molecule has 0 saturated heterocycles. The van der Waals surface area contributed by atoms with E-state index >= 15 is 0 Å². The minimum absolute atomic E-state index is 0.0737. The third kappa shape index (κ3) is 7.34. The van der Waals surface area contributed by atoms with Crippen LogP contribution in [0, 0.1) is 0 Å². The Morgan fingerprint density at radius 2 is 2.25 bits per heavy atom. The molecule has 0 saturated carbocycles. The molecule has 1 N–H and O–H groups in total. The van der Waals surface area contributed by atoms with Crippen LogP contribution in [0.15, 0.2) is 0 Å². The number of carbonyl (C=O) groups excluding carboxylic acids is 1. The van der Waals surface area contributed by atoms with E-state index in [2.05, 4.69) is 10.1 Å². The molecule has 0 heterocycles. The first kappa shape index (κ1) is 6.71. The van der Waals surface area contributed by atoms with E-state index in [-0.39, 0.29) is 13.2 Å². The molecular formula is C8H17NO3. The smallest absolute Gasteiger partial charge is 0.407 e. The van der Waals surface area contributed by atoms with Crippen molar-refractivity contribution in [1.82, 2.24) is 5.32 Å². The fourth-order valence-corrected chi connectivity index (χ4v) is 0.518. The molecule has 0 bridgehead atoms. The second kappa shape index (κ2) is 4.98. The summed E-state index contributed by atoms with van der Waals surface area (Å²) in [7, 11) is -2.42. The first-order chi connectivity index (χ1) is 6.60. The number of amides is 1. The molecule has 0 aliphatic heterocycles. The highest BCUT2D eigenvalue weighted by Crippen LogP contribution is 2.05. The van der Waals surface area contributed by atoms with Crippen LogP contribution in [0.1, 0.15) is 24.9 Å². The molecule has 0 aliphatic rings. The largest absolute Gasteiger partial charge is 0.444 e. The minimum atomic E-state index is -2.42. The lowest BCUT2D eigenvalue weighted by molar-refractivity contribution is 0.0511. The van der Waals surface area contributed by atoms with Crippen LogP contribution in [0.4, 0.5) is 4.79 Å². The average molecular weight is 178 g/mol. The molecule has 0 unspecified atom stereocenters. The summed E-state index contributed by atoms with van der Waals surface area (Å²) in [6, 6.07) is 0. The second-order valence-corrected chi connectivity index (χ2v) is 3.28. The lowest BCUT2D eigenvalue weighted by Crippen LogP contribution is -2.34. The summed E-state index contributed by atoms with van der Waals surface area (Å²) in [6.45, 7) is 5.26. The van der Waals surface area contributed by atoms with Crippen LogP contribution >= 0.6 is 0 Å². The van der Waals surface area contributed by atoms with Gasteiger partial charge >= 0.3 is 6.09 Å². The van der Waals surface area contributed by atoms with Crippen molar-refractivity contribution in [2.75, 3.05) is 20.2 Å². The van der Waals surface area contributed by atoms with E-state index in [9.17, 15) is 4.79 Å². The third-order valence-electron chi connectivity index (χ3n) is 0.872. The molecule has 12 heavy (non-hydrogen) atoms. The number of ether oxygens (including phenoxy) is 2. The number of rotatable bonds is 3. The van der Waals surface area contributed by atoms with Crippen molar-refractivity contribution in [3.8, 4) is 0 Å². The lowest BCUT2D eigenvalue weighted by atomic mass is 10.2. The Labute approximate surface area is 77.4 Å². The summed E-state index contributed by atoms with van der Waals surface area (Å²) in [5, 5.41) is 2.38. The van der Waals surface area contributed by atoms with Gasteiger partial charge in [0.25, 0.3) is 0 Å². The van der Waals surface area contributed by atoms with Crippen molar-refractivity contribution in [1.29, 1.82) is 0 Å². The van der Waals surface area contributed by atoms with Gasteiger partial charge in [-0.1, -0.05) is 0 Å². The van der Waals surface area contributed by atoms with Crippen LogP contribution in [0.5, 0.6) is 0 Å². The fourth-order valence-electron chi connectivity index (χ4n) is 0.518. The van der Waals surface area contributed by atoms with Crippen LogP contribution in [-0.4, -0.2) is 31.9 Å². The molecule has 0 spiro atoms. The van der Waals surface area contributed by atoms with Crippen LogP contribution in [0.25, 0.3) is 0 Å². The van der Waals surface area contributed by atoms with Crippen molar-refractivity contribution in [2.45, 2.75) is 26.4 Å². The van der Waals surface area contributed by atoms with Gasteiger partial charge < -0.3 is 14.8 Å². The fraction of sp³-hybridized carbons (Fsp3) is 0.875. The second-order valence-electron chi connectivity index (χ2n) is 3.28. The van der Waals surface area contributed by atoms with E-state index in [4.69, 9.17) is 8.85 Å². The van der Waals surface area contributed by atoms with Crippen molar-refractivity contribution in [2.24, 2.45) is 0 Å². The van der Waals surface area contributed by atoms with Gasteiger partial charge in [-0.3, -0.25) is 0 Å². The van der Waals surface area contributed by atoms with Gasteiger partial charge in [-0.05, 0) is 20.8 Å². The van der Waals surface area contributed by atoms with Crippen LogP contribution in [0.2, 0.25) is 0 Å². The lowest BCUT2D eigenvalue weighted by Gasteiger charge is -2.19. The summed E-state index contributed by atoms with van der Waals surface area (Å²) in [5.74, 6) is 0. The summed E-state index contributed by atoms with van der Waals surface area (Å²) < 4.78 is 29.5. The molecule has 0 aromatic rings. The minimum Gasteiger partial charge on any atom is -0.444 e. The van der Waals surface area contributed by atoms with E-state index in [1.54, 1.807) is 20.8 Å². The Morgan fingerprint density at radius 3 is 2.75 bits per heavy atom. The molecule has 1 amide bonds. The van der Waals surface area contributed by atoms with E-state index in [1.165, 1.54) is 0 Å². The molecule has 0 rings (SSSR count). The van der Waals surface area contributed by atoms with Gasteiger partial charge in [0.05, 0.1) is 10.7 Å². The molecule has 0 aromatic carbocycles. The summed E-state index contributed by atoms with van der Waals surface area (Å²) in [4.78, 5) is 11.1. The molecule has 0 aromatic heterocycles. The Balaban J connectivity index is 3.57. The number of carbonyl (C=O) groups is 1. The quantitative estimate of drug-likeness (QED) is 0.660. The number of methoxy groups -OCH3 is 1. The highest BCUT2D eigenvalue weighted by atomic mass is 16.6. The van der Waals surface area contributed by atoms with Crippen LogP contribution in [0.3, 0.4) is 0 Å². The average Bonchev–Trinajstić information content (AvgIpc) is 1.92. The summed E-state index contributed by atoms with van der Waals surface area (Å²) >= 11 is 0. The first-order valence-electron chi connectivity index (χ1n) is 5.21. The van der Waals surface area contributed by atoms with E-state index in [0.717, 1.165) is 0 Å². The van der Waals surface area contributed by atoms with Gasteiger partial charge in [-0.15, -0.1) is 0 Å². The number of alkyl carbamates (subject to hydrolysis) is 1. The maximum atomic E-state index is 11.1. The van der Waals surface area contributed by atoms with Gasteiger partial charge in [0, 0.05) is 13.6 Å². The highest BCUT2D eigenvalue weighted by Gasteiger charge is 2.15. The maximum Gasteiger partial charge on any atom is 0.407 e. The van der Waals surface area contributed by atoms with Crippen molar-refractivity contribution >= 4 is 6.09 Å². The molecule has 0 aliphatic carbocycles. The monoisotopic (exact) mass is 178 g/mol. The Bertz CT molecular complexity index is 210. The van der Waals surface area contributed by atoms with Gasteiger partial charge in [-0.25, -0.2) is 4.79 Å². The SMILES string of the molecule is [2H]C([2H])([2H])OCCNC(=O)OC(C)(C)C. The number of hydrogen-bond acceptors (Lipinski definition) is 3. The molecule has 72 valence electrons. The zero-order valence-corrected chi connectivity index (χ0v) is 7.64. The van der Waals surface area contributed by atoms with Gasteiger partial charge in [0.1, 0.15) is 5.60 Å². The molecule has 0 atom stereocenters. The topological polar surface area (TPSA) is 47.6 Å². The molecular weight excluding hydrogens is 158 g/mol. The van der Waals surface area contributed by atoms with Gasteiger partial charge in [0.15, 0.2) is 0 Å². The molecule has 4 heteroatoms. The Morgan fingerprint density at radius 1 is 1.58 bits per heavy atom. The standard InChI is InChI=1S/C8H17NO3/c1-8(2,3)12-7(10)9-5-6-11-4/h5-6H2,1-4H3,(H,9,10)/i4D3. The van der Waals surface area contributed by atoms with Crippen molar-refractivity contribution in [3.63, 3.8) is 0 Å². The molecule has 0 fully saturated rings. The van der Waals surface area contributed by atoms with Gasteiger partial charge in [-0.2, -0.15) is 0 Å². The number of nitrogens with one attached hydrogen (secondary N) is 1. The molecule has 4 nitrogen and oxygen atoms in total. The number of hydrogen-bond donors (Lipinski definition) is 1. The van der Waals surface area contributed by atoms with Crippen molar-refractivity contribution in [3.05, 3.63) is 0 Å². The van der Waals surface area contributed by atoms with E-state index in [0.29, 0.717) is 0 Å². The summed E-state index contributed by atoms with van der Waals surface area (Å²) in [6.07, 6.45) is -0.586. The normalized spacial score (nSPS) is 15.8. The zero-order chi connectivity index (χ0) is 12.1. The Kier molecular flexibility index (Phi) is 2.79. The highest BCUT2D eigenvalue weighted by molar-refractivity contribution is 5.67. The predicted octanol–water partition coefficient (Wildman–Crippen LogP) is 1.16. The summed E-state index contributed by atoms with van der Waals surface area (Å²) in [5.41, 5.74) is -0.561. The zero-order valence-electron chi connectivity index (χ0n) is 10.6. The third-order valence-corrected chi connectivity index (χ3v) is 0.872. The van der Waals surface area contributed by atoms with Gasteiger partial charge in [0.2, 0.25) is 0 Å². The van der Waals surface area contributed by atoms with Crippen LogP contribution in [-0.2, 0) is 9.47 Å². The maximum absolute atomic E-state index is 11.1. The van der Waals surface area contributed by atoms with Crippen LogP contribution < -0.4 is 5.32 Å². The first-order valence-corrected chi connectivity index (χ1v) is 3.71. The Hall–Kier alpha value is -0.770. The van der Waals surface area contributed by atoms with E-state index in [1.807, 2.05) is 0 Å². The molecule has 0 radical (unpaired) electrons.